The summed E-state index contributed by atoms with van der Waals surface area (Å²) in [6, 6.07) is 13.5. The van der Waals surface area contributed by atoms with Gasteiger partial charge < -0.3 is 18.9 Å². The number of ether oxygens (including phenoxy) is 4. The highest BCUT2D eigenvalue weighted by Crippen LogP contribution is 2.36. The van der Waals surface area contributed by atoms with Gasteiger partial charge in [-0.2, -0.15) is 5.26 Å². The van der Waals surface area contributed by atoms with E-state index in [0.717, 1.165) is 22.6 Å². The molecule has 1 heterocycles. The summed E-state index contributed by atoms with van der Waals surface area (Å²) in [5.41, 5.74) is 1.82. The average Bonchev–Trinajstić information content (AvgIpc) is 3.07. The number of hydrogen-bond donors (Lipinski definition) is 0. The van der Waals surface area contributed by atoms with Gasteiger partial charge in [0, 0.05) is 0 Å². The summed E-state index contributed by atoms with van der Waals surface area (Å²) in [5.74, 6) is 2.56. The molecule has 1 aliphatic rings. The fraction of sp³-hybridized carbons (Fsp3) is 0.278. The lowest BCUT2D eigenvalue weighted by Gasteiger charge is -2.14. The molecule has 0 saturated heterocycles. The third-order valence-electron chi connectivity index (χ3n) is 3.87. The topological polar surface area (TPSA) is 60.7 Å². The minimum Gasteiger partial charge on any atom is -0.497 e. The monoisotopic (exact) mass is 311 g/mol. The quantitative estimate of drug-likeness (QED) is 0.848. The highest BCUT2D eigenvalue weighted by molar-refractivity contribution is 5.48. The zero-order valence-corrected chi connectivity index (χ0v) is 13.0. The molecule has 1 aliphatic heterocycles. The minimum atomic E-state index is -0.314. The van der Waals surface area contributed by atoms with Crippen molar-refractivity contribution < 1.29 is 18.9 Å². The zero-order valence-electron chi connectivity index (χ0n) is 13.0. The number of nitriles is 1. The standard InChI is InChI=1S/C18H17NO4/c1-20-15-4-6-16(21-2)13(8-15)7-14(10-19)12-3-5-17-18(9-12)23-11-22-17/h3-6,8-9,14H,7,11H2,1-2H3. The Kier molecular flexibility index (Phi) is 4.24. The predicted octanol–water partition coefficient (Wildman–Crippen LogP) is 3.28. The molecular formula is C18H17NO4. The van der Waals surface area contributed by atoms with E-state index in [9.17, 15) is 5.26 Å². The van der Waals surface area contributed by atoms with Gasteiger partial charge in [-0.15, -0.1) is 0 Å². The molecule has 23 heavy (non-hydrogen) atoms. The van der Waals surface area contributed by atoms with Crippen molar-refractivity contribution in [2.75, 3.05) is 21.0 Å². The Labute approximate surface area is 135 Å². The SMILES string of the molecule is COc1ccc(OC)c(CC(C#N)c2ccc3c(c2)OCO3)c1. The Hall–Kier alpha value is -2.87. The average molecular weight is 311 g/mol. The second-order valence-electron chi connectivity index (χ2n) is 5.18. The molecule has 1 unspecified atom stereocenters. The van der Waals surface area contributed by atoms with Crippen LogP contribution in [0.15, 0.2) is 36.4 Å². The predicted molar refractivity (Wildman–Crippen MR) is 84.2 cm³/mol. The van der Waals surface area contributed by atoms with E-state index in [-0.39, 0.29) is 12.7 Å². The van der Waals surface area contributed by atoms with E-state index in [1.807, 2.05) is 36.4 Å². The van der Waals surface area contributed by atoms with Crippen LogP contribution in [0.3, 0.4) is 0 Å². The first-order valence-corrected chi connectivity index (χ1v) is 7.25. The summed E-state index contributed by atoms with van der Waals surface area (Å²) in [6.45, 7) is 0.222. The number of hydrogen-bond acceptors (Lipinski definition) is 5. The van der Waals surface area contributed by atoms with Gasteiger partial charge in [0.2, 0.25) is 6.79 Å². The second-order valence-corrected chi connectivity index (χ2v) is 5.18. The molecule has 0 fully saturated rings. The highest BCUT2D eigenvalue weighted by atomic mass is 16.7. The van der Waals surface area contributed by atoms with E-state index in [1.165, 1.54) is 0 Å². The lowest BCUT2D eigenvalue weighted by molar-refractivity contribution is 0.174. The fourth-order valence-electron chi connectivity index (χ4n) is 2.63. The van der Waals surface area contributed by atoms with Crippen molar-refractivity contribution in [2.45, 2.75) is 12.3 Å². The summed E-state index contributed by atoms with van der Waals surface area (Å²) in [5, 5.41) is 9.59. The van der Waals surface area contributed by atoms with Gasteiger partial charge in [0.1, 0.15) is 11.5 Å². The van der Waals surface area contributed by atoms with Crippen LogP contribution in [-0.4, -0.2) is 21.0 Å². The van der Waals surface area contributed by atoms with Crippen molar-refractivity contribution >= 4 is 0 Å². The summed E-state index contributed by atoms with van der Waals surface area (Å²) in [6.07, 6.45) is 0.524. The van der Waals surface area contributed by atoms with Gasteiger partial charge in [-0.05, 0) is 47.9 Å². The number of nitrogens with zero attached hydrogens (tertiary/aromatic N) is 1. The Bertz CT molecular complexity index is 751. The normalized spacial score (nSPS) is 13.3. The van der Waals surface area contributed by atoms with Gasteiger partial charge in [-0.3, -0.25) is 0 Å². The zero-order chi connectivity index (χ0) is 16.2. The molecule has 2 aromatic carbocycles. The summed E-state index contributed by atoms with van der Waals surface area (Å²) < 4.78 is 21.4. The number of rotatable bonds is 5. The van der Waals surface area contributed by atoms with Gasteiger partial charge >= 0.3 is 0 Å². The van der Waals surface area contributed by atoms with E-state index >= 15 is 0 Å². The van der Waals surface area contributed by atoms with Crippen molar-refractivity contribution in [2.24, 2.45) is 0 Å². The largest absolute Gasteiger partial charge is 0.497 e. The first-order valence-electron chi connectivity index (χ1n) is 7.25. The third kappa shape index (κ3) is 3.02. The van der Waals surface area contributed by atoms with Crippen molar-refractivity contribution in [3.8, 4) is 29.1 Å². The maximum Gasteiger partial charge on any atom is 0.231 e. The van der Waals surface area contributed by atoms with Crippen LogP contribution in [0.5, 0.6) is 23.0 Å². The number of benzene rings is 2. The molecule has 1 atom stereocenters. The molecule has 0 aliphatic carbocycles. The molecule has 5 nitrogen and oxygen atoms in total. The molecule has 0 amide bonds. The Morgan fingerprint density at radius 2 is 1.91 bits per heavy atom. The number of methoxy groups -OCH3 is 2. The molecule has 0 bridgehead atoms. The molecule has 118 valence electrons. The molecule has 0 radical (unpaired) electrons. The Balaban J connectivity index is 1.89. The van der Waals surface area contributed by atoms with E-state index in [2.05, 4.69) is 6.07 Å². The summed E-state index contributed by atoms with van der Waals surface area (Å²) in [4.78, 5) is 0. The Morgan fingerprint density at radius 1 is 1.09 bits per heavy atom. The van der Waals surface area contributed by atoms with Crippen LogP contribution in [0.1, 0.15) is 17.0 Å². The molecule has 0 N–H and O–H groups in total. The van der Waals surface area contributed by atoms with Crippen LogP contribution >= 0.6 is 0 Å². The van der Waals surface area contributed by atoms with Crippen molar-refractivity contribution in [3.05, 3.63) is 47.5 Å². The summed E-state index contributed by atoms with van der Waals surface area (Å²) in [7, 11) is 3.23. The lowest BCUT2D eigenvalue weighted by Crippen LogP contribution is -2.03. The molecule has 2 aromatic rings. The maximum atomic E-state index is 9.59. The summed E-state index contributed by atoms with van der Waals surface area (Å²) >= 11 is 0. The van der Waals surface area contributed by atoms with Crippen molar-refractivity contribution in [1.29, 1.82) is 5.26 Å². The number of fused-ring (bicyclic) bond motifs is 1. The van der Waals surface area contributed by atoms with Crippen LogP contribution < -0.4 is 18.9 Å². The van der Waals surface area contributed by atoms with Crippen LogP contribution in [-0.2, 0) is 6.42 Å². The van der Waals surface area contributed by atoms with Gasteiger partial charge in [0.25, 0.3) is 0 Å². The molecule has 5 heteroatoms. The second kappa shape index (κ2) is 6.49. The fourth-order valence-corrected chi connectivity index (χ4v) is 2.63. The van der Waals surface area contributed by atoms with Gasteiger partial charge in [-0.1, -0.05) is 6.07 Å². The van der Waals surface area contributed by atoms with Gasteiger partial charge in [0.15, 0.2) is 11.5 Å². The van der Waals surface area contributed by atoms with E-state index in [0.29, 0.717) is 17.9 Å². The highest BCUT2D eigenvalue weighted by Gasteiger charge is 2.19. The van der Waals surface area contributed by atoms with Crippen LogP contribution in [0.2, 0.25) is 0 Å². The third-order valence-corrected chi connectivity index (χ3v) is 3.87. The van der Waals surface area contributed by atoms with Crippen LogP contribution in [0.4, 0.5) is 0 Å². The van der Waals surface area contributed by atoms with E-state index < -0.39 is 0 Å². The van der Waals surface area contributed by atoms with Crippen LogP contribution in [0.25, 0.3) is 0 Å². The first-order chi connectivity index (χ1) is 11.2. The molecule has 0 aromatic heterocycles. The maximum absolute atomic E-state index is 9.59. The smallest absolute Gasteiger partial charge is 0.231 e. The molecule has 0 saturated carbocycles. The van der Waals surface area contributed by atoms with Crippen molar-refractivity contribution in [3.63, 3.8) is 0 Å². The van der Waals surface area contributed by atoms with Crippen LogP contribution in [0, 0.1) is 11.3 Å². The van der Waals surface area contributed by atoms with Gasteiger partial charge in [-0.25, -0.2) is 0 Å². The van der Waals surface area contributed by atoms with Crippen molar-refractivity contribution in [1.82, 2.24) is 0 Å². The van der Waals surface area contributed by atoms with E-state index in [1.54, 1.807) is 14.2 Å². The van der Waals surface area contributed by atoms with Gasteiger partial charge in [0.05, 0.1) is 26.2 Å². The van der Waals surface area contributed by atoms with E-state index in [4.69, 9.17) is 18.9 Å². The lowest BCUT2D eigenvalue weighted by atomic mass is 9.92. The molecule has 3 rings (SSSR count). The molecule has 0 spiro atoms. The molecular weight excluding hydrogens is 294 g/mol. The minimum absolute atomic E-state index is 0.222. The first kappa shape index (κ1) is 15.0. The Morgan fingerprint density at radius 3 is 2.65 bits per heavy atom.